The van der Waals surface area contributed by atoms with E-state index in [0.29, 0.717) is 24.5 Å². The number of nitrogens with two attached hydrogens (primary N) is 1. The van der Waals surface area contributed by atoms with Crippen molar-refractivity contribution in [2.24, 2.45) is 0 Å². The van der Waals surface area contributed by atoms with Gasteiger partial charge in [-0.1, -0.05) is 0 Å². The SMILES string of the molecule is COc1cc2c(cc1N)CCN2C(=O)CN(C)C. The molecule has 1 aromatic carbocycles. The Balaban J connectivity index is 2.29. The van der Waals surface area contributed by atoms with Crippen LogP contribution >= 0.6 is 0 Å². The van der Waals surface area contributed by atoms with Gasteiger partial charge in [0.05, 0.1) is 25.0 Å². The molecule has 0 saturated heterocycles. The van der Waals surface area contributed by atoms with Gasteiger partial charge in [0, 0.05) is 12.6 Å². The van der Waals surface area contributed by atoms with Crippen molar-refractivity contribution in [2.75, 3.05) is 44.9 Å². The highest BCUT2D eigenvalue weighted by molar-refractivity contribution is 5.97. The summed E-state index contributed by atoms with van der Waals surface area (Å²) in [5.74, 6) is 0.726. The maximum atomic E-state index is 12.1. The molecule has 0 fully saturated rings. The fourth-order valence-corrected chi connectivity index (χ4v) is 2.23. The molecule has 2 rings (SSSR count). The van der Waals surface area contributed by atoms with E-state index >= 15 is 0 Å². The average Bonchev–Trinajstić information content (AvgIpc) is 2.69. The minimum atomic E-state index is 0.102. The minimum absolute atomic E-state index is 0.102. The molecule has 1 amide bonds. The molecule has 1 aromatic rings. The van der Waals surface area contributed by atoms with Gasteiger partial charge in [-0.3, -0.25) is 4.79 Å². The first-order valence-corrected chi connectivity index (χ1v) is 5.94. The van der Waals surface area contributed by atoms with Crippen LogP contribution in [-0.2, 0) is 11.2 Å². The highest BCUT2D eigenvalue weighted by Crippen LogP contribution is 2.35. The van der Waals surface area contributed by atoms with Gasteiger partial charge in [0.1, 0.15) is 5.75 Å². The van der Waals surface area contributed by atoms with E-state index < -0.39 is 0 Å². The topological polar surface area (TPSA) is 58.8 Å². The van der Waals surface area contributed by atoms with Crippen LogP contribution in [0.3, 0.4) is 0 Å². The first-order valence-electron chi connectivity index (χ1n) is 5.94. The predicted octanol–water partition coefficient (Wildman–Crippen LogP) is 0.728. The Labute approximate surface area is 107 Å². The summed E-state index contributed by atoms with van der Waals surface area (Å²) in [6, 6.07) is 3.75. The summed E-state index contributed by atoms with van der Waals surface area (Å²) >= 11 is 0. The Morgan fingerprint density at radius 2 is 2.22 bits per heavy atom. The van der Waals surface area contributed by atoms with E-state index in [4.69, 9.17) is 10.5 Å². The molecular formula is C13H19N3O2. The van der Waals surface area contributed by atoms with Crippen molar-refractivity contribution in [1.82, 2.24) is 4.90 Å². The summed E-state index contributed by atoms with van der Waals surface area (Å²) in [7, 11) is 5.36. The number of rotatable bonds is 3. The second-order valence-electron chi connectivity index (χ2n) is 4.76. The van der Waals surface area contributed by atoms with Gasteiger partial charge in [0.15, 0.2) is 0 Å². The van der Waals surface area contributed by atoms with Crippen LogP contribution in [0.2, 0.25) is 0 Å². The molecule has 0 bridgehead atoms. The van der Waals surface area contributed by atoms with Gasteiger partial charge in [0.2, 0.25) is 5.91 Å². The van der Waals surface area contributed by atoms with Crippen LogP contribution in [0.25, 0.3) is 0 Å². The quantitative estimate of drug-likeness (QED) is 0.802. The summed E-state index contributed by atoms with van der Waals surface area (Å²) in [6.07, 6.45) is 0.850. The fourth-order valence-electron chi connectivity index (χ4n) is 2.23. The van der Waals surface area contributed by atoms with Crippen LogP contribution in [0.15, 0.2) is 12.1 Å². The first-order chi connectivity index (χ1) is 8.52. The van der Waals surface area contributed by atoms with Crippen LogP contribution < -0.4 is 15.4 Å². The zero-order valence-electron chi connectivity index (χ0n) is 11.1. The fraction of sp³-hybridized carbons (Fsp3) is 0.462. The minimum Gasteiger partial charge on any atom is -0.495 e. The molecule has 1 aliphatic rings. The van der Waals surface area contributed by atoms with Crippen molar-refractivity contribution in [3.05, 3.63) is 17.7 Å². The van der Waals surface area contributed by atoms with Crippen LogP contribution in [0.5, 0.6) is 5.75 Å². The zero-order chi connectivity index (χ0) is 13.3. The Morgan fingerprint density at radius 3 is 2.83 bits per heavy atom. The molecule has 5 heteroatoms. The van der Waals surface area contributed by atoms with E-state index in [1.54, 1.807) is 12.0 Å². The summed E-state index contributed by atoms with van der Waals surface area (Å²) in [5.41, 5.74) is 8.53. The number of hydrogen-bond donors (Lipinski definition) is 1. The number of benzene rings is 1. The summed E-state index contributed by atoms with van der Waals surface area (Å²) < 4.78 is 5.21. The Morgan fingerprint density at radius 1 is 1.50 bits per heavy atom. The third kappa shape index (κ3) is 2.26. The predicted molar refractivity (Wildman–Crippen MR) is 72.0 cm³/mol. The standard InChI is InChI=1S/C13H19N3O2/c1-15(2)8-13(17)16-5-4-9-6-10(14)12(18-3)7-11(9)16/h6-7H,4-5,8,14H2,1-3H3. The van der Waals surface area contributed by atoms with Gasteiger partial charge in [-0.15, -0.1) is 0 Å². The molecule has 0 saturated carbocycles. The summed E-state index contributed by atoms with van der Waals surface area (Å²) in [6.45, 7) is 1.13. The molecular weight excluding hydrogens is 230 g/mol. The lowest BCUT2D eigenvalue weighted by atomic mass is 10.1. The molecule has 0 aliphatic carbocycles. The maximum Gasteiger partial charge on any atom is 0.241 e. The molecule has 0 unspecified atom stereocenters. The molecule has 1 aliphatic heterocycles. The van der Waals surface area contributed by atoms with E-state index in [1.807, 2.05) is 31.1 Å². The number of ether oxygens (including phenoxy) is 1. The third-order valence-corrected chi connectivity index (χ3v) is 3.08. The van der Waals surface area contributed by atoms with Gasteiger partial charge in [-0.05, 0) is 32.1 Å². The van der Waals surface area contributed by atoms with Crippen LogP contribution in [0.1, 0.15) is 5.56 Å². The molecule has 0 aromatic heterocycles. The number of methoxy groups -OCH3 is 1. The number of hydrogen-bond acceptors (Lipinski definition) is 4. The van der Waals surface area contributed by atoms with E-state index in [0.717, 1.165) is 17.7 Å². The van der Waals surface area contributed by atoms with Gasteiger partial charge >= 0.3 is 0 Å². The number of nitrogen functional groups attached to an aromatic ring is 1. The number of carbonyl (C=O) groups is 1. The largest absolute Gasteiger partial charge is 0.495 e. The molecule has 5 nitrogen and oxygen atoms in total. The average molecular weight is 249 g/mol. The highest BCUT2D eigenvalue weighted by Gasteiger charge is 2.26. The van der Waals surface area contributed by atoms with Gasteiger partial charge in [-0.2, -0.15) is 0 Å². The van der Waals surface area contributed by atoms with Crippen molar-refractivity contribution in [3.63, 3.8) is 0 Å². The number of fused-ring (bicyclic) bond motifs is 1. The van der Waals surface area contributed by atoms with Crippen molar-refractivity contribution >= 4 is 17.3 Å². The number of anilines is 2. The highest BCUT2D eigenvalue weighted by atomic mass is 16.5. The number of likely N-dealkylation sites (N-methyl/N-ethyl adjacent to an activating group) is 1. The number of carbonyl (C=O) groups excluding carboxylic acids is 1. The lowest BCUT2D eigenvalue weighted by molar-refractivity contribution is -0.119. The molecule has 18 heavy (non-hydrogen) atoms. The molecule has 1 heterocycles. The first kappa shape index (κ1) is 12.7. The van der Waals surface area contributed by atoms with E-state index in [1.165, 1.54) is 0 Å². The number of nitrogens with zero attached hydrogens (tertiary/aromatic N) is 2. The maximum absolute atomic E-state index is 12.1. The van der Waals surface area contributed by atoms with Crippen LogP contribution in [0.4, 0.5) is 11.4 Å². The molecule has 0 radical (unpaired) electrons. The Bertz CT molecular complexity index is 472. The lowest BCUT2D eigenvalue weighted by Crippen LogP contribution is -2.36. The molecule has 0 atom stereocenters. The summed E-state index contributed by atoms with van der Waals surface area (Å²) in [4.78, 5) is 15.8. The number of amides is 1. The normalized spacial score (nSPS) is 13.9. The molecule has 98 valence electrons. The monoisotopic (exact) mass is 249 g/mol. The van der Waals surface area contributed by atoms with Crippen LogP contribution in [0, 0.1) is 0 Å². The van der Waals surface area contributed by atoms with Crippen LogP contribution in [-0.4, -0.2) is 45.1 Å². The van der Waals surface area contributed by atoms with Crippen molar-refractivity contribution in [1.29, 1.82) is 0 Å². The lowest BCUT2D eigenvalue weighted by Gasteiger charge is -2.20. The second-order valence-corrected chi connectivity index (χ2v) is 4.76. The van der Waals surface area contributed by atoms with Gasteiger partial charge < -0.3 is 20.3 Å². The van der Waals surface area contributed by atoms with Crippen molar-refractivity contribution in [2.45, 2.75) is 6.42 Å². The van der Waals surface area contributed by atoms with E-state index in [2.05, 4.69) is 0 Å². The van der Waals surface area contributed by atoms with Crippen molar-refractivity contribution in [3.8, 4) is 5.75 Å². The summed E-state index contributed by atoms with van der Waals surface area (Å²) in [5, 5.41) is 0. The second kappa shape index (κ2) is 4.86. The smallest absolute Gasteiger partial charge is 0.241 e. The van der Waals surface area contributed by atoms with E-state index in [9.17, 15) is 4.79 Å². The Kier molecular flexibility index (Phi) is 3.43. The van der Waals surface area contributed by atoms with Gasteiger partial charge in [0.25, 0.3) is 0 Å². The van der Waals surface area contributed by atoms with E-state index in [-0.39, 0.29) is 5.91 Å². The third-order valence-electron chi connectivity index (χ3n) is 3.08. The zero-order valence-corrected chi connectivity index (χ0v) is 11.1. The molecule has 0 spiro atoms. The van der Waals surface area contributed by atoms with Gasteiger partial charge in [-0.25, -0.2) is 0 Å². The Hall–Kier alpha value is -1.75. The van der Waals surface area contributed by atoms with Crippen molar-refractivity contribution < 1.29 is 9.53 Å². The molecule has 2 N–H and O–H groups in total.